The highest BCUT2D eigenvalue weighted by Crippen LogP contribution is 2.29. The highest BCUT2D eigenvalue weighted by Gasteiger charge is 2.36. The molecule has 0 spiro atoms. The third-order valence-corrected chi connectivity index (χ3v) is 4.69. The summed E-state index contributed by atoms with van der Waals surface area (Å²) in [6, 6.07) is 10.0. The first-order valence-electron chi connectivity index (χ1n) is 8.62. The summed E-state index contributed by atoms with van der Waals surface area (Å²) >= 11 is 5.83. The van der Waals surface area contributed by atoms with Gasteiger partial charge in [0.25, 0.3) is 0 Å². The highest BCUT2D eigenvalue weighted by atomic mass is 35.5. The number of hydrogen-bond acceptors (Lipinski definition) is 6. The number of hydrogen-bond donors (Lipinski definition) is 0. The van der Waals surface area contributed by atoms with E-state index in [-0.39, 0.29) is 29.0 Å². The quantitative estimate of drug-likeness (QED) is 0.614. The molecule has 3 heterocycles. The third kappa shape index (κ3) is 4.08. The maximum Gasteiger partial charge on any atom is 0.451 e. The zero-order valence-electron chi connectivity index (χ0n) is 14.6. The van der Waals surface area contributed by atoms with Crippen LogP contribution in [0, 0.1) is 0 Å². The summed E-state index contributed by atoms with van der Waals surface area (Å²) in [4.78, 5) is 9.06. The number of benzene rings is 1. The first-order valence-corrected chi connectivity index (χ1v) is 9.00. The molecule has 0 N–H and O–H groups in total. The average Bonchev–Trinajstić information content (AvgIpc) is 3.06. The van der Waals surface area contributed by atoms with Gasteiger partial charge >= 0.3 is 6.18 Å². The van der Waals surface area contributed by atoms with Crippen molar-refractivity contribution < 1.29 is 17.9 Å². The van der Waals surface area contributed by atoms with Crippen molar-refractivity contribution in [2.24, 2.45) is 0 Å². The molecule has 28 heavy (non-hydrogen) atoms. The Kier molecular flexibility index (Phi) is 5.17. The molecule has 0 radical (unpaired) electrons. The molecule has 1 atom stereocenters. The molecule has 1 aliphatic heterocycles. The van der Waals surface area contributed by atoms with Gasteiger partial charge in [0, 0.05) is 19.6 Å². The van der Waals surface area contributed by atoms with E-state index in [1.54, 1.807) is 0 Å². The molecule has 4 rings (SSSR count). The van der Waals surface area contributed by atoms with Crippen LogP contribution in [0.25, 0.3) is 11.2 Å². The summed E-state index contributed by atoms with van der Waals surface area (Å²) in [5.74, 6) is -1.32. The van der Waals surface area contributed by atoms with Gasteiger partial charge in [0.05, 0.1) is 19.3 Å². The molecule has 1 fully saturated rings. The topological polar surface area (TPSA) is 69.0 Å². The molecular formula is C17H16ClF3N6O. The van der Waals surface area contributed by atoms with Gasteiger partial charge in [-0.05, 0) is 5.56 Å². The van der Waals surface area contributed by atoms with E-state index in [2.05, 4.69) is 25.2 Å². The third-order valence-electron chi connectivity index (χ3n) is 4.42. The Bertz CT molecular complexity index is 965. The van der Waals surface area contributed by atoms with Gasteiger partial charge < -0.3 is 4.74 Å². The van der Waals surface area contributed by atoms with Crippen molar-refractivity contribution in [1.82, 2.24) is 29.9 Å². The van der Waals surface area contributed by atoms with Crippen molar-refractivity contribution in [3.63, 3.8) is 0 Å². The minimum absolute atomic E-state index is 0.0339. The fourth-order valence-corrected chi connectivity index (χ4v) is 3.34. The minimum Gasteiger partial charge on any atom is -0.374 e. The van der Waals surface area contributed by atoms with E-state index in [9.17, 15) is 13.2 Å². The molecule has 0 saturated carbocycles. The van der Waals surface area contributed by atoms with Crippen LogP contribution in [0.5, 0.6) is 0 Å². The fraction of sp³-hybridized carbons (Fsp3) is 0.412. The van der Waals surface area contributed by atoms with Crippen LogP contribution >= 0.6 is 11.6 Å². The first-order chi connectivity index (χ1) is 13.4. The number of aromatic nitrogens is 5. The first kappa shape index (κ1) is 19.0. The standard InChI is InChI=1S/C17H16ClF3N6O/c18-14-13-15(23-16(22-14)17(19,20)21)27(25-24-13)10-12-9-26(6-7-28-12)8-11-4-2-1-3-5-11/h1-5,12H,6-10H2/t12-/m1/s1. The van der Waals surface area contributed by atoms with E-state index in [0.29, 0.717) is 13.2 Å². The molecular weight excluding hydrogens is 397 g/mol. The number of ether oxygens (including phenoxy) is 1. The van der Waals surface area contributed by atoms with Gasteiger partial charge in [-0.2, -0.15) is 13.2 Å². The zero-order chi connectivity index (χ0) is 19.7. The van der Waals surface area contributed by atoms with Crippen molar-refractivity contribution in [3.8, 4) is 0 Å². The Hall–Kier alpha value is -2.30. The van der Waals surface area contributed by atoms with Crippen molar-refractivity contribution in [1.29, 1.82) is 0 Å². The molecule has 0 bridgehead atoms. The van der Waals surface area contributed by atoms with E-state index in [0.717, 1.165) is 13.1 Å². The number of rotatable bonds is 4. The molecule has 0 unspecified atom stereocenters. The predicted molar refractivity (Wildman–Crippen MR) is 94.6 cm³/mol. The highest BCUT2D eigenvalue weighted by molar-refractivity contribution is 6.33. The molecule has 148 valence electrons. The second-order valence-electron chi connectivity index (χ2n) is 6.49. The number of morpholine rings is 1. The van der Waals surface area contributed by atoms with Crippen molar-refractivity contribution >= 4 is 22.8 Å². The van der Waals surface area contributed by atoms with Crippen LogP contribution in [0.4, 0.5) is 13.2 Å². The molecule has 1 saturated heterocycles. The van der Waals surface area contributed by atoms with Crippen molar-refractivity contribution in [2.45, 2.75) is 25.4 Å². The van der Waals surface area contributed by atoms with Crippen LogP contribution in [0.3, 0.4) is 0 Å². The molecule has 7 nitrogen and oxygen atoms in total. The molecule has 0 amide bonds. The molecule has 1 aromatic carbocycles. The normalized spacial score (nSPS) is 18.6. The van der Waals surface area contributed by atoms with E-state index in [1.165, 1.54) is 10.2 Å². The van der Waals surface area contributed by atoms with Crippen LogP contribution in [0.15, 0.2) is 30.3 Å². The van der Waals surface area contributed by atoms with Gasteiger partial charge in [-0.1, -0.05) is 47.1 Å². The summed E-state index contributed by atoms with van der Waals surface area (Å²) in [5, 5.41) is 7.33. The van der Waals surface area contributed by atoms with Gasteiger partial charge in [-0.25, -0.2) is 14.6 Å². The number of halogens is 4. The monoisotopic (exact) mass is 412 g/mol. The molecule has 3 aromatic rings. The summed E-state index contributed by atoms with van der Waals surface area (Å²) in [7, 11) is 0. The lowest BCUT2D eigenvalue weighted by molar-refractivity contribution is -0.144. The molecule has 1 aliphatic rings. The molecule has 11 heteroatoms. The van der Waals surface area contributed by atoms with E-state index in [4.69, 9.17) is 16.3 Å². The van der Waals surface area contributed by atoms with Crippen LogP contribution in [0.2, 0.25) is 5.15 Å². The fourth-order valence-electron chi connectivity index (χ4n) is 3.14. The maximum atomic E-state index is 13.0. The molecule has 0 aliphatic carbocycles. The predicted octanol–water partition coefficient (Wildman–Crippen LogP) is 2.79. The second kappa shape index (κ2) is 7.61. The average molecular weight is 413 g/mol. The minimum atomic E-state index is -4.71. The van der Waals surface area contributed by atoms with Crippen LogP contribution < -0.4 is 0 Å². The Morgan fingerprint density at radius 3 is 2.71 bits per heavy atom. The van der Waals surface area contributed by atoms with Crippen LogP contribution in [-0.4, -0.2) is 55.7 Å². The van der Waals surface area contributed by atoms with Crippen molar-refractivity contribution in [3.05, 3.63) is 46.9 Å². The Balaban J connectivity index is 1.52. The smallest absolute Gasteiger partial charge is 0.374 e. The number of nitrogens with zero attached hydrogens (tertiary/aromatic N) is 6. The summed E-state index contributed by atoms with van der Waals surface area (Å²) in [6.07, 6.45) is -4.97. The number of fused-ring (bicyclic) bond motifs is 1. The lowest BCUT2D eigenvalue weighted by atomic mass is 10.2. The Morgan fingerprint density at radius 2 is 1.96 bits per heavy atom. The van der Waals surface area contributed by atoms with Gasteiger partial charge in [-0.15, -0.1) is 5.10 Å². The van der Waals surface area contributed by atoms with Gasteiger partial charge in [-0.3, -0.25) is 4.90 Å². The zero-order valence-corrected chi connectivity index (χ0v) is 15.4. The Morgan fingerprint density at radius 1 is 1.18 bits per heavy atom. The van der Waals surface area contributed by atoms with Crippen LogP contribution in [0.1, 0.15) is 11.4 Å². The second-order valence-corrected chi connectivity index (χ2v) is 6.85. The van der Waals surface area contributed by atoms with Crippen LogP contribution in [-0.2, 0) is 24.0 Å². The van der Waals surface area contributed by atoms with Gasteiger partial charge in [0.15, 0.2) is 16.3 Å². The maximum absolute atomic E-state index is 13.0. The largest absolute Gasteiger partial charge is 0.451 e. The van der Waals surface area contributed by atoms with E-state index in [1.807, 2.05) is 30.3 Å². The summed E-state index contributed by atoms with van der Waals surface area (Å²) < 4.78 is 46.0. The van der Waals surface area contributed by atoms with Gasteiger partial charge in [0.2, 0.25) is 5.82 Å². The van der Waals surface area contributed by atoms with E-state index < -0.39 is 12.0 Å². The number of alkyl halides is 3. The van der Waals surface area contributed by atoms with Gasteiger partial charge in [0.1, 0.15) is 0 Å². The van der Waals surface area contributed by atoms with E-state index >= 15 is 0 Å². The lowest BCUT2D eigenvalue weighted by Gasteiger charge is -2.32. The molecule has 2 aromatic heterocycles. The summed E-state index contributed by atoms with van der Waals surface area (Å²) in [6.45, 7) is 2.89. The summed E-state index contributed by atoms with van der Waals surface area (Å²) in [5.41, 5.74) is 1.16. The van der Waals surface area contributed by atoms with Crippen molar-refractivity contribution in [2.75, 3.05) is 19.7 Å². The SMILES string of the molecule is FC(F)(F)c1nc(Cl)c2nnn(C[C@H]3CN(Cc4ccccc4)CCO3)c2n1. The Labute approximate surface area is 163 Å². The lowest BCUT2D eigenvalue weighted by Crippen LogP contribution is -2.43.